The molecule has 4 heteroatoms. The summed E-state index contributed by atoms with van der Waals surface area (Å²) in [6.45, 7) is 8.88. The molecule has 1 saturated carbocycles. The molecule has 1 unspecified atom stereocenters. The van der Waals surface area contributed by atoms with Gasteiger partial charge in [-0.15, -0.1) is 11.3 Å². The molecular weight excluding hydrogens is 254 g/mol. The van der Waals surface area contributed by atoms with Crippen LogP contribution in [0.15, 0.2) is 11.4 Å². The first-order valence-electron chi connectivity index (χ1n) is 7.44. The molecule has 1 aliphatic carbocycles. The minimum Gasteiger partial charge on any atom is -0.296 e. The molecular formula is C15H27N3S. The number of aryl methyl sites for hydroxylation is 1. The summed E-state index contributed by atoms with van der Waals surface area (Å²) in [5.74, 6) is 5.95. The maximum absolute atomic E-state index is 5.95. The van der Waals surface area contributed by atoms with Crippen LogP contribution in [-0.4, -0.2) is 23.5 Å². The van der Waals surface area contributed by atoms with Gasteiger partial charge in [0.25, 0.3) is 0 Å². The van der Waals surface area contributed by atoms with Crippen LogP contribution in [0.5, 0.6) is 0 Å². The van der Waals surface area contributed by atoms with Crippen LogP contribution in [-0.2, 0) is 0 Å². The monoisotopic (exact) mass is 281 g/mol. The fraction of sp³-hybridized carbons (Fsp3) is 0.733. The lowest BCUT2D eigenvalue weighted by Gasteiger charge is -2.46. The Kier molecular flexibility index (Phi) is 5.01. The van der Waals surface area contributed by atoms with Crippen molar-refractivity contribution in [2.45, 2.75) is 58.0 Å². The molecule has 0 radical (unpaired) electrons. The summed E-state index contributed by atoms with van der Waals surface area (Å²) in [4.78, 5) is 3.97. The molecule has 2 rings (SSSR count). The lowest BCUT2D eigenvalue weighted by atomic mass is 9.83. The molecule has 1 aromatic rings. The van der Waals surface area contributed by atoms with E-state index in [9.17, 15) is 0 Å². The molecule has 0 aliphatic heterocycles. The summed E-state index contributed by atoms with van der Waals surface area (Å²) in [7, 11) is 0. The lowest BCUT2D eigenvalue weighted by Crippen LogP contribution is -2.56. The van der Waals surface area contributed by atoms with Gasteiger partial charge in [-0.1, -0.05) is 26.7 Å². The molecule has 1 atom stereocenters. The Morgan fingerprint density at radius 1 is 1.37 bits per heavy atom. The Bertz CT molecular complexity index is 392. The Morgan fingerprint density at radius 3 is 2.42 bits per heavy atom. The van der Waals surface area contributed by atoms with Gasteiger partial charge in [-0.25, -0.2) is 0 Å². The Hall–Kier alpha value is -0.420. The van der Waals surface area contributed by atoms with E-state index in [1.807, 2.05) is 11.3 Å². The van der Waals surface area contributed by atoms with Crippen LogP contribution < -0.4 is 11.3 Å². The van der Waals surface area contributed by atoms with E-state index in [-0.39, 0.29) is 11.6 Å². The first kappa shape index (κ1) is 15.0. The van der Waals surface area contributed by atoms with Crippen molar-refractivity contribution in [2.24, 2.45) is 5.84 Å². The standard InChI is InChI=1S/C15H27N3S/c1-4-18(5-2)15(8-6-7-9-15)14(17-16)13-10-12(3)19-11-13/h10-11,14,17H,4-9,16H2,1-3H3. The number of thiophene rings is 1. The molecule has 1 aromatic heterocycles. The van der Waals surface area contributed by atoms with E-state index in [4.69, 9.17) is 5.84 Å². The topological polar surface area (TPSA) is 41.3 Å². The third-order valence-electron chi connectivity index (χ3n) is 4.65. The van der Waals surface area contributed by atoms with E-state index in [1.54, 1.807) is 0 Å². The van der Waals surface area contributed by atoms with Crippen LogP contribution >= 0.6 is 11.3 Å². The van der Waals surface area contributed by atoms with E-state index in [0.717, 1.165) is 13.1 Å². The van der Waals surface area contributed by atoms with Crippen LogP contribution in [0.3, 0.4) is 0 Å². The smallest absolute Gasteiger partial charge is 0.0652 e. The first-order valence-corrected chi connectivity index (χ1v) is 8.32. The molecule has 3 N–H and O–H groups in total. The maximum Gasteiger partial charge on any atom is 0.0652 e. The van der Waals surface area contributed by atoms with Crippen LogP contribution in [0.25, 0.3) is 0 Å². The van der Waals surface area contributed by atoms with Crippen molar-refractivity contribution < 1.29 is 0 Å². The molecule has 0 aromatic carbocycles. The van der Waals surface area contributed by atoms with Crippen LogP contribution in [0.2, 0.25) is 0 Å². The molecule has 0 spiro atoms. The normalized spacial score (nSPS) is 20.1. The number of hydrazine groups is 1. The van der Waals surface area contributed by atoms with Gasteiger partial charge in [0.15, 0.2) is 0 Å². The van der Waals surface area contributed by atoms with Crippen molar-refractivity contribution in [2.75, 3.05) is 13.1 Å². The van der Waals surface area contributed by atoms with Crippen molar-refractivity contribution in [1.29, 1.82) is 0 Å². The van der Waals surface area contributed by atoms with Crippen LogP contribution in [0, 0.1) is 6.92 Å². The number of hydrogen-bond donors (Lipinski definition) is 2. The summed E-state index contributed by atoms with van der Waals surface area (Å²) in [5.41, 5.74) is 4.69. The SMILES string of the molecule is CCN(CC)C1(C(NN)c2csc(C)c2)CCCC1. The van der Waals surface area contributed by atoms with Crippen LogP contribution in [0.4, 0.5) is 0 Å². The van der Waals surface area contributed by atoms with Crippen molar-refractivity contribution >= 4 is 11.3 Å². The average molecular weight is 281 g/mol. The molecule has 0 saturated heterocycles. The molecule has 0 bridgehead atoms. The second kappa shape index (κ2) is 6.35. The predicted octanol–water partition coefficient (Wildman–Crippen LogP) is 3.22. The van der Waals surface area contributed by atoms with Gasteiger partial charge >= 0.3 is 0 Å². The number of likely N-dealkylation sites (N-methyl/N-ethyl adjacent to an activating group) is 1. The van der Waals surface area contributed by atoms with E-state index in [0.29, 0.717) is 0 Å². The van der Waals surface area contributed by atoms with Gasteiger partial charge in [0.1, 0.15) is 0 Å². The molecule has 0 amide bonds. The Morgan fingerprint density at radius 2 is 2.00 bits per heavy atom. The van der Waals surface area contributed by atoms with Gasteiger partial charge in [0.05, 0.1) is 6.04 Å². The minimum atomic E-state index is 0.200. The highest BCUT2D eigenvalue weighted by Gasteiger charge is 2.45. The summed E-state index contributed by atoms with van der Waals surface area (Å²) >= 11 is 1.82. The highest BCUT2D eigenvalue weighted by Crippen LogP contribution is 2.44. The largest absolute Gasteiger partial charge is 0.296 e. The third-order valence-corrected chi connectivity index (χ3v) is 5.53. The maximum atomic E-state index is 5.95. The van der Waals surface area contributed by atoms with E-state index in [1.165, 1.54) is 36.1 Å². The minimum absolute atomic E-state index is 0.200. The Labute approximate surface area is 121 Å². The molecule has 1 aliphatic rings. The van der Waals surface area contributed by atoms with Crippen molar-refractivity contribution in [3.63, 3.8) is 0 Å². The number of hydrogen-bond acceptors (Lipinski definition) is 4. The van der Waals surface area contributed by atoms with Gasteiger partial charge in [-0.3, -0.25) is 16.2 Å². The average Bonchev–Trinajstić information content (AvgIpc) is 3.03. The quantitative estimate of drug-likeness (QED) is 0.621. The van der Waals surface area contributed by atoms with Crippen molar-refractivity contribution in [1.82, 2.24) is 10.3 Å². The summed E-state index contributed by atoms with van der Waals surface area (Å²) in [6, 6.07) is 2.54. The summed E-state index contributed by atoms with van der Waals surface area (Å²) in [6.07, 6.45) is 5.13. The zero-order valence-electron chi connectivity index (χ0n) is 12.4. The van der Waals surface area contributed by atoms with Gasteiger partial charge in [-0.05, 0) is 49.9 Å². The van der Waals surface area contributed by atoms with E-state index in [2.05, 4.69) is 42.5 Å². The van der Waals surface area contributed by atoms with Gasteiger partial charge in [0.2, 0.25) is 0 Å². The molecule has 1 heterocycles. The number of nitrogens with one attached hydrogen (secondary N) is 1. The number of nitrogens with two attached hydrogens (primary N) is 1. The van der Waals surface area contributed by atoms with E-state index >= 15 is 0 Å². The Balaban J connectivity index is 2.35. The zero-order chi connectivity index (χ0) is 13.9. The first-order chi connectivity index (χ1) is 9.17. The zero-order valence-corrected chi connectivity index (χ0v) is 13.2. The highest BCUT2D eigenvalue weighted by atomic mass is 32.1. The molecule has 19 heavy (non-hydrogen) atoms. The predicted molar refractivity (Wildman–Crippen MR) is 83.2 cm³/mol. The second-order valence-corrected chi connectivity index (χ2v) is 6.69. The van der Waals surface area contributed by atoms with Gasteiger partial charge in [0, 0.05) is 10.4 Å². The van der Waals surface area contributed by atoms with Crippen LogP contribution in [0.1, 0.15) is 56.0 Å². The number of rotatable bonds is 6. The summed E-state index contributed by atoms with van der Waals surface area (Å²) in [5, 5.41) is 2.27. The summed E-state index contributed by atoms with van der Waals surface area (Å²) < 4.78 is 0. The highest BCUT2D eigenvalue weighted by molar-refractivity contribution is 7.10. The molecule has 3 nitrogen and oxygen atoms in total. The van der Waals surface area contributed by atoms with Crippen molar-refractivity contribution in [3.8, 4) is 0 Å². The third kappa shape index (κ3) is 2.72. The fourth-order valence-corrected chi connectivity index (χ4v) is 4.54. The van der Waals surface area contributed by atoms with Gasteiger partial charge in [-0.2, -0.15) is 0 Å². The second-order valence-electron chi connectivity index (χ2n) is 5.57. The number of nitrogens with zero attached hydrogens (tertiary/aromatic N) is 1. The lowest BCUT2D eigenvalue weighted by molar-refractivity contribution is 0.0628. The van der Waals surface area contributed by atoms with Crippen molar-refractivity contribution in [3.05, 3.63) is 21.9 Å². The molecule has 1 fully saturated rings. The van der Waals surface area contributed by atoms with Gasteiger partial charge < -0.3 is 0 Å². The molecule has 108 valence electrons. The fourth-order valence-electron chi connectivity index (χ4n) is 3.80. The van der Waals surface area contributed by atoms with E-state index < -0.39 is 0 Å².